The van der Waals surface area contributed by atoms with Gasteiger partial charge in [-0.3, -0.25) is 9.59 Å². The van der Waals surface area contributed by atoms with Crippen LogP contribution in [0.2, 0.25) is 0 Å². The number of fused-ring (bicyclic) bond motifs is 1. The summed E-state index contributed by atoms with van der Waals surface area (Å²) in [4.78, 5) is 28.1. The average molecular weight is 482 g/mol. The Balaban J connectivity index is 1.81. The van der Waals surface area contributed by atoms with Crippen LogP contribution in [0.25, 0.3) is 0 Å². The summed E-state index contributed by atoms with van der Waals surface area (Å²) < 4.78 is 13.3. The summed E-state index contributed by atoms with van der Waals surface area (Å²) in [6.45, 7) is 10.6. The first-order valence-corrected chi connectivity index (χ1v) is 12.9. The fourth-order valence-electron chi connectivity index (χ4n) is 4.47. The summed E-state index contributed by atoms with van der Waals surface area (Å²) in [6, 6.07) is 12.0. The van der Waals surface area contributed by atoms with E-state index in [-0.39, 0.29) is 29.0 Å². The van der Waals surface area contributed by atoms with Gasteiger partial charge in [0.25, 0.3) is 5.91 Å². The highest BCUT2D eigenvalue weighted by molar-refractivity contribution is 5.98. The molecule has 0 aromatic heterocycles. The van der Waals surface area contributed by atoms with Gasteiger partial charge < -0.3 is 15.5 Å². The molecule has 0 saturated heterocycles. The number of carbonyl (C=O) groups is 2. The number of hydrogen-bond acceptors (Lipinski definition) is 3. The van der Waals surface area contributed by atoms with Crippen LogP contribution in [0.5, 0.6) is 0 Å². The topological polar surface area (TPSA) is 61.4 Å². The third-order valence-corrected chi connectivity index (χ3v) is 6.76. The smallest absolute Gasteiger partial charge is 0.251 e. The van der Waals surface area contributed by atoms with E-state index in [1.54, 1.807) is 12.1 Å². The number of nitrogens with one attached hydrogen (secondary N) is 2. The fourth-order valence-corrected chi connectivity index (χ4v) is 4.47. The van der Waals surface area contributed by atoms with Crippen molar-refractivity contribution in [1.82, 2.24) is 10.6 Å². The van der Waals surface area contributed by atoms with Gasteiger partial charge in [0.05, 0.1) is 0 Å². The lowest BCUT2D eigenvalue weighted by molar-refractivity contribution is -0.121. The van der Waals surface area contributed by atoms with E-state index in [0.29, 0.717) is 25.2 Å². The third kappa shape index (κ3) is 7.38. The molecule has 3 rings (SSSR count). The SMILES string of the molecule is CC(C)C(=O)N1CCCCCCCNCc2cc(C(=O)NCC(C)(C)c3ccc(F)cc3)ccc21. The number of hydrogen-bond donors (Lipinski definition) is 2. The Morgan fingerprint density at radius 2 is 1.71 bits per heavy atom. The van der Waals surface area contributed by atoms with Crippen LogP contribution >= 0.6 is 0 Å². The zero-order valence-electron chi connectivity index (χ0n) is 21.6. The Labute approximate surface area is 209 Å². The van der Waals surface area contributed by atoms with Gasteiger partial charge in [-0.2, -0.15) is 0 Å². The average Bonchev–Trinajstić information content (AvgIpc) is 2.83. The normalized spacial score (nSPS) is 15.7. The van der Waals surface area contributed by atoms with Gasteiger partial charge in [-0.25, -0.2) is 4.39 Å². The number of anilines is 1. The van der Waals surface area contributed by atoms with Crippen LogP contribution in [0.15, 0.2) is 42.5 Å². The highest BCUT2D eigenvalue weighted by Crippen LogP contribution is 2.26. The highest BCUT2D eigenvalue weighted by atomic mass is 19.1. The monoisotopic (exact) mass is 481 g/mol. The van der Waals surface area contributed by atoms with Crippen LogP contribution in [0.4, 0.5) is 10.1 Å². The van der Waals surface area contributed by atoms with Crippen molar-refractivity contribution in [3.8, 4) is 0 Å². The molecular weight excluding hydrogens is 441 g/mol. The van der Waals surface area contributed by atoms with Crippen molar-refractivity contribution >= 4 is 17.5 Å². The van der Waals surface area contributed by atoms with Gasteiger partial charge in [0.15, 0.2) is 0 Å². The molecule has 0 aliphatic carbocycles. The first-order chi connectivity index (χ1) is 16.7. The van der Waals surface area contributed by atoms with Crippen molar-refractivity contribution < 1.29 is 14.0 Å². The Bertz CT molecular complexity index is 1000. The summed E-state index contributed by atoms with van der Waals surface area (Å²) in [5.41, 5.74) is 3.04. The molecule has 0 saturated carbocycles. The Morgan fingerprint density at radius 3 is 2.43 bits per heavy atom. The van der Waals surface area contributed by atoms with E-state index >= 15 is 0 Å². The van der Waals surface area contributed by atoms with Crippen LogP contribution < -0.4 is 15.5 Å². The lowest BCUT2D eigenvalue weighted by Gasteiger charge is -2.28. The number of amides is 2. The Kier molecular flexibility index (Phi) is 9.44. The van der Waals surface area contributed by atoms with Gasteiger partial charge >= 0.3 is 0 Å². The molecule has 2 aromatic rings. The van der Waals surface area contributed by atoms with Gasteiger partial charge in [0, 0.05) is 42.2 Å². The largest absolute Gasteiger partial charge is 0.351 e. The predicted octanol–water partition coefficient (Wildman–Crippen LogP) is 5.58. The van der Waals surface area contributed by atoms with E-state index in [0.717, 1.165) is 42.6 Å². The zero-order chi connectivity index (χ0) is 25.4. The molecule has 0 fully saturated rings. The van der Waals surface area contributed by atoms with Crippen molar-refractivity contribution in [2.75, 3.05) is 24.5 Å². The van der Waals surface area contributed by atoms with E-state index in [9.17, 15) is 14.0 Å². The second-order valence-electron chi connectivity index (χ2n) is 10.5. The summed E-state index contributed by atoms with van der Waals surface area (Å²) in [6.07, 6.45) is 5.59. The van der Waals surface area contributed by atoms with Crippen LogP contribution in [-0.4, -0.2) is 31.4 Å². The molecule has 2 aromatic carbocycles. The van der Waals surface area contributed by atoms with E-state index in [4.69, 9.17) is 0 Å². The van der Waals surface area contributed by atoms with E-state index in [2.05, 4.69) is 10.6 Å². The molecule has 0 atom stereocenters. The summed E-state index contributed by atoms with van der Waals surface area (Å²) >= 11 is 0. The minimum atomic E-state index is -0.345. The number of carbonyl (C=O) groups excluding carboxylic acids is 2. The minimum Gasteiger partial charge on any atom is -0.351 e. The molecule has 0 unspecified atom stereocenters. The highest BCUT2D eigenvalue weighted by Gasteiger charge is 2.24. The van der Waals surface area contributed by atoms with Gasteiger partial charge in [-0.05, 0) is 60.8 Å². The van der Waals surface area contributed by atoms with Gasteiger partial charge in [0.1, 0.15) is 5.82 Å². The molecule has 0 spiro atoms. The van der Waals surface area contributed by atoms with Crippen LogP contribution in [0, 0.1) is 11.7 Å². The Morgan fingerprint density at radius 1 is 1.03 bits per heavy atom. The molecule has 6 heteroatoms. The lowest BCUT2D eigenvalue weighted by Crippen LogP contribution is -2.37. The third-order valence-electron chi connectivity index (χ3n) is 6.76. The van der Waals surface area contributed by atoms with Crippen LogP contribution in [0.1, 0.15) is 81.3 Å². The molecule has 1 aliphatic heterocycles. The summed E-state index contributed by atoms with van der Waals surface area (Å²) in [5.74, 6) is -0.413. The summed E-state index contributed by atoms with van der Waals surface area (Å²) in [5, 5.41) is 6.54. The molecule has 35 heavy (non-hydrogen) atoms. The lowest BCUT2D eigenvalue weighted by atomic mass is 9.84. The van der Waals surface area contributed by atoms with Gasteiger partial charge in [-0.15, -0.1) is 0 Å². The van der Waals surface area contributed by atoms with Gasteiger partial charge in [-0.1, -0.05) is 59.1 Å². The standard InChI is InChI=1S/C29H40FN3O2/c1-21(2)28(35)33-17-9-7-5-6-8-16-31-19-23-18-22(10-15-26(23)33)27(34)32-20-29(3,4)24-11-13-25(30)14-12-24/h10-15,18,21,31H,5-9,16-17,19-20H2,1-4H3,(H,32,34). The maximum absolute atomic E-state index is 13.3. The van der Waals surface area contributed by atoms with Gasteiger partial charge in [0.2, 0.25) is 5.91 Å². The number of rotatable bonds is 5. The molecule has 1 heterocycles. The van der Waals surface area contributed by atoms with Crippen LogP contribution in [0.3, 0.4) is 0 Å². The molecule has 190 valence electrons. The molecule has 2 amide bonds. The second-order valence-corrected chi connectivity index (χ2v) is 10.5. The number of benzene rings is 2. The quantitative estimate of drug-likeness (QED) is 0.586. The van der Waals surface area contributed by atoms with Crippen molar-refractivity contribution in [1.29, 1.82) is 0 Å². The Hall–Kier alpha value is -2.73. The molecule has 0 bridgehead atoms. The first kappa shape index (κ1) is 26.9. The van der Waals surface area contributed by atoms with Crippen molar-refractivity contribution in [2.24, 2.45) is 5.92 Å². The molecule has 5 nitrogen and oxygen atoms in total. The number of nitrogens with zero attached hydrogens (tertiary/aromatic N) is 1. The minimum absolute atomic E-state index is 0.0969. The maximum Gasteiger partial charge on any atom is 0.251 e. The number of halogens is 1. The maximum atomic E-state index is 13.3. The van der Waals surface area contributed by atoms with Crippen molar-refractivity contribution in [3.05, 3.63) is 65.0 Å². The molecule has 1 aliphatic rings. The molecular formula is C29H40FN3O2. The van der Waals surface area contributed by atoms with Crippen molar-refractivity contribution in [3.63, 3.8) is 0 Å². The van der Waals surface area contributed by atoms with E-state index in [1.807, 2.05) is 50.8 Å². The van der Waals surface area contributed by atoms with Crippen molar-refractivity contribution in [2.45, 2.75) is 71.8 Å². The summed E-state index contributed by atoms with van der Waals surface area (Å²) in [7, 11) is 0. The first-order valence-electron chi connectivity index (χ1n) is 12.9. The molecule has 2 N–H and O–H groups in total. The second kappa shape index (κ2) is 12.3. The fraction of sp³-hybridized carbons (Fsp3) is 0.517. The molecule has 0 radical (unpaired) electrons. The van der Waals surface area contributed by atoms with E-state index < -0.39 is 0 Å². The zero-order valence-corrected chi connectivity index (χ0v) is 21.6. The van der Waals surface area contributed by atoms with Crippen LogP contribution in [-0.2, 0) is 16.8 Å². The predicted molar refractivity (Wildman–Crippen MR) is 140 cm³/mol. The van der Waals surface area contributed by atoms with E-state index in [1.165, 1.54) is 25.0 Å².